The van der Waals surface area contributed by atoms with Crippen molar-refractivity contribution in [3.05, 3.63) is 126 Å². The molecule has 0 amide bonds. The topological polar surface area (TPSA) is 4.93 Å². The predicted octanol–water partition coefficient (Wildman–Crippen LogP) is 8.02. The maximum absolute atomic E-state index is 2.47. The Bertz CT molecular complexity index is 1640. The smallest absolute Gasteiger partial charge is 0.0582 e. The molecule has 0 atom stereocenters. The summed E-state index contributed by atoms with van der Waals surface area (Å²) in [5, 5.41) is 2.64. The average molecular weight is 408 g/mol. The van der Waals surface area contributed by atoms with Gasteiger partial charge in [0.2, 0.25) is 0 Å². The molecule has 1 aliphatic carbocycles. The van der Waals surface area contributed by atoms with Crippen molar-refractivity contribution in [2.24, 2.45) is 0 Å². The van der Waals surface area contributed by atoms with Crippen LogP contribution < -0.4 is 0 Å². The average Bonchev–Trinajstić information content (AvgIpc) is 3.41. The van der Waals surface area contributed by atoms with Crippen molar-refractivity contribution >= 4 is 21.8 Å². The minimum absolute atomic E-state index is 0.984. The molecular formula is C31H21N. The van der Waals surface area contributed by atoms with E-state index < -0.39 is 0 Å². The number of aromatic nitrogens is 1. The Morgan fingerprint density at radius 3 is 2.25 bits per heavy atom. The molecule has 0 spiro atoms. The summed E-state index contributed by atoms with van der Waals surface area (Å²) in [6, 6.07) is 41.8. The van der Waals surface area contributed by atoms with Crippen molar-refractivity contribution in [3.8, 4) is 27.9 Å². The quantitative estimate of drug-likeness (QED) is 0.273. The second-order valence-electron chi connectivity index (χ2n) is 8.59. The summed E-state index contributed by atoms with van der Waals surface area (Å²) >= 11 is 0. The van der Waals surface area contributed by atoms with E-state index in [1.807, 2.05) is 0 Å². The fraction of sp³-hybridized carbons (Fsp3) is 0.0323. The summed E-state index contributed by atoms with van der Waals surface area (Å²) in [6.07, 6.45) is 0.984. The van der Waals surface area contributed by atoms with Crippen LogP contribution in [0.5, 0.6) is 0 Å². The molecule has 0 aliphatic heterocycles. The van der Waals surface area contributed by atoms with Crippen molar-refractivity contribution in [3.63, 3.8) is 0 Å². The van der Waals surface area contributed by atoms with E-state index in [2.05, 4.69) is 120 Å². The maximum atomic E-state index is 2.47. The molecule has 32 heavy (non-hydrogen) atoms. The van der Waals surface area contributed by atoms with Crippen molar-refractivity contribution in [1.82, 2.24) is 4.57 Å². The first kappa shape index (κ1) is 17.6. The lowest BCUT2D eigenvalue weighted by Gasteiger charge is -2.12. The van der Waals surface area contributed by atoms with Gasteiger partial charge in [-0.3, -0.25) is 0 Å². The summed E-state index contributed by atoms with van der Waals surface area (Å²) in [4.78, 5) is 0. The van der Waals surface area contributed by atoms with Crippen LogP contribution in [0.15, 0.2) is 115 Å². The molecular weight excluding hydrogens is 386 g/mol. The molecule has 1 heterocycles. The molecule has 6 aromatic rings. The normalized spacial score (nSPS) is 12.2. The molecule has 1 aliphatic rings. The third-order valence-electron chi connectivity index (χ3n) is 6.83. The van der Waals surface area contributed by atoms with Gasteiger partial charge >= 0.3 is 0 Å². The van der Waals surface area contributed by atoms with Crippen LogP contribution in [0.3, 0.4) is 0 Å². The van der Waals surface area contributed by atoms with Gasteiger partial charge in [-0.25, -0.2) is 0 Å². The highest BCUT2D eigenvalue weighted by Gasteiger charge is 2.24. The lowest BCUT2D eigenvalue weighted by molar-refractivity contribution is 1.15. The molecule has 1 heteroatoms. The monoisotopic (exact) mass is 407 g/mol. The second-order valence-corrected chi connectivity index (χ2v) is 8.59. The number of hydrogen-bond donors (Lipinski definition) is 0. The van der Waals surface area contributed by atoms with Crippen LogP contribution in [0.2, 0.25) is 0 Å². The molecule has 0 bridgehead atoms. The van der Waals surface area contributed by atoms with E-state index in [0.717, 1.165) is 6.42 Å². The fourth-order valence-corrected chi connectivity index (χ4v) is 5.41. The summed E-state index contributed by atoms with van der Waals surface area (Å²) in [5.41, 5.74) is 11.9. The highest BCUT2D eigenvalue weighted by atomic mass is 15.0. The third-order valence-corrected chi connectivity index (χ3v) is 6.83. The lowest BCUT2D eigenvalue weighted by atomic mass is 10.0. The Morgan fingerprint density at radius 1 is 0.531 bits per heavy atom. The van der Waals surface area contributed by atoms with E-state index in [4.69, 9.17) is 0 Å². The number of benzene rings is 5. The van der Waals surface area contributed by atoms with Gasteiger partial charge in [0.05, 0.1) is 11.0 Å². The third kappa shape index (κ3) is 2.45. The van der Waals surface area contributed by atoms with Crippen LogP contribution in [0.25, 0.3) is 49.7 Å². The van der Waals surface area contributed by atoms with Crippen molar-refractivity contribution in [1.29, 1.82) is 0 Å². The zero-order valence-corrected chi connectivity index (χ0v) is 17.6. The minimum atomic E-state index is 0.984. The van der Waals surface area contributed by atoms with Gasteiger partial charge in [-0.05, 0) is 51.6 Å². The molecule has 0 saturated carbocycles. The molecule has 0 radical (unpaired) electrons. The Labute approximate surface area is 187 Å². The van der Waals surface area contributed by atoms with Gasteiger partial charge in [-0.2, -0.15) is 0 Å². The van der Waals surface area contributed by atoms with E-state index in [1.54, 1.807) is 0 Å². The van der Waals surface area contributed by atoms with E-state index >= 15 is 0 Å². The van der Waals surface area contributed by atoms with Crippen LogP contribution in [0.4, 0.5) is 0 Å². The summed E-state index contributed by atoms with van der Waals surface area (Å²) < 4.78 is 2.47. The Hall–Kier alpha value is -4.10. The standard InChI is InChI=1S/C31H21N/c1-2-9-21(10-3-1)22-12-8-13-24(19-22)32-30-16-7-6-15-27(30)28-18-17-26-25-14-5-4-11-23(25)20-29(26)31(28)32/h1-19H,20H2. The highest BCUT2D eigenvalue weighted by Crippen LogP contribution is 2.44. The second kappa shape index (κ2) is 6.70. The van der Waals surface area contributed by atoms with Crippen molar-refractivity contribution in [2.45, 2.75) is 6.42 Å². The zero-order chi connectivity index (χ0) is 21.1. The van der Waals surface area contributed by atoms with Gasteiger partial charge in [0.25, 0.3) is 0 Å². The SMILES string of the molecule is c1ccc(-c2cccc(-n3c4ccccc4c4ccc5c(c43)Cc3ccccc3-5)c2)cc1. The van der Waals surface area contributed by atoms with Crippen molar-refractivity contribution in [2.75, 3.05) is 0 Å². The van der Waals surface area contributed by atoms with Gasteiger partial charge in [0.1, 0.15) is 0 Å². The van der Waals surface area contributed by atoms with Gasteiger partial charge in [-0.1, -0.05) is 97.1 Å². The summed E-state index contributed by atoms with van der Waals surface area (Å²) in [7, 11) is 0. The molecule has 1 aromatic heterocycles. The highest BCUT2D eigenvalue weighted by molar-refractivity contribution is 6.12. The Morgan fingerprint density at radius 2 is 1.31 bits per heavy atom. The summed E-state index contributed by atoms with van der Waals surface area (Å²) in [6.45, 7) is 0. The largest absolute Gasteiger partial charge is 0.309 e. The molecule has 150 valence electrons. The number of para-hydroxylation sites is 1. The predicted molar refractivity (Wildman–Crippen MR) is 134 cm³/mol. The molecule has 5 aromatic carbocycles. The first-order valence-corrected chi connectivity index (χ1v) is 11.2. The first-order valence-electron chi connectivity index (χ1n) is 11.2. The number of nitrogens with zero attached hydrogens (tertiary/aromatic N) is 1. The van der Waals surface area contributed by atoms with E-state index in [1.165, 1.54) is 60.9 Å². The fourth-order valence-electron chi connectivity index (χ4n) is 5.41. The van der Waals surface area contributed by atoms with E-state index in [9.17, 15) is 0 Å². The van der Waals surface area contributed by atoms with Crippen LogP contribution in [0.1, 0.15) is 11.1 Å². The van der Waals surface area contributed by atoms with Crippen molar-refractivity contribution < 1.29 is 0 Å². The number of fused-ring (bicyclic) bond motifs is 7. The van der Waals surface area contributed by atoms with Crippen LogP contribution in [-0.2, 0) is 6.42 Å². The molecule has 0 unspecified atom stereocenters. The maximum Gasteiger partial charge on any atom is 0.0582 e. The molecule has 0 N–H and O–H groups in total. The molecule has 0 fully saturated rings. The Balaban J connectivity index is 1.56. The van der Waals surface area contributed by atoms with Gasteiger partial charge in [-0.15, -0.1) is 0 Å². The molecule has 0 saturated heterocycles. The Kier molecular flexibility index (Phi) is 3.68. The number of rotatable bonds is 2. The lowest BCUT2D eigenvalue weighted by Crippen LogP contribution is -1.97. The van der Waals surface area contributed by atoms with Gasteiger partial charge in [0, 0.05) is 22.9 Å². The molecule has 1 nitrogen and oxygen atoms in total. The zero-order valence-electron chi connectivity index (χ0n) is 17.6. The summed E-state index contributed by atoms with van der Waals surface area (Å²) in [5.74, 6) is 0. The minimum Gasteiger partial charge on any atom is -0.309 e. The van der Waals surface area contributed by atoms with E-state index in [-0.39, 0.29) is 0 Å². The van der Waals surface area contributed by atoms with Crippen LogP contribution in [-0.4, -0.2) is 4.57 Å². The first-order chi connectivity index (χ1) is 15.9. The van der Waals surface area contributed by atoms with Crippen LogP contribution >= 0.6 is 0 Å². The van der Waals surface area contributed by atoms with Gasteiger partial charge in [0.15, 0.2) is 0 Å². The van der Waals surface area contributed by atoms with E-state index in [0.29, 0.717) is 0 Å². The number of hydrogen-bond acceptors (Lipinski definition) is 0. The molecule has 7 rings (SSSR count). The van der Waals surface area contributed by atoms with Crippen LogP contribution in [0, 0.1) is 0 Å². The van der Waals surface area contributed by atoms with Gasteiger partial charge < -0.3 is 4.57 Å².